The van der Waals surface area contributed by atoms with Crippen LogP contribution < -0.4 is 0 Å². The second-order valence-electron chi connectivity index (χ2n) is 9.69. The lowest BCUT2D eigenvalue weighted by Gasteiger charge is -2.37. The minimum atomic E-state index is -0.631. The van der Waals surface area contributed by atoms with Crippen LogP contribution in [0.4, 0.5) is 4.79 Å². The summed E-state index contributed by atoms with van der Waals surface area (Å²) in [5.41, 5.74) is 0.932. The predicted octanol–water partition coefficient (Wildman–Crippen LogP) is 4.23. The first-order valence-electron chi connectivity index (χ1n) is 10.1. The highest BCUT2D eigenvalue weighted by atomic mass is 16.6. The van der Waals surface area contributed by atoms with E-state index in [0.29, 0.717) is 19.6 Å². The molecule has 2 aromatic rings. The number of benzene rings is 1. The molecule has 0 N–H and O–H groups in total. The van der Waals surface area contributed by atoms with Crippen molar-refractivity contribution in [3.63, 3.8) is 0 Å². The van der Waals surface area contributed by atoms with Crippen molar-refractivity contribution < 1.29 is 14.3 Å². The highest BCUT2D eigenvalue weighted by Gasteiger charge is 2.45. The SMILES string of the molecule is CC(C)(C)OC(=O)[C@@H](N1CCN(Cc2ccnc3ccccc23)C1=O)C(C)(C)C. The lowest BCUT2D eigenvalue weighted by Crippen LogP contribution is -2.52. The molecule has 6 nitrogen and oxygen atoms in total. The number of pyridine rings is 1. The van der Waals surface area contributed by atoms with Crippen molar-refractivity contribution in [1.82, 2.24) is 14.8 Å². The van der Waals surface area contributed by atoms with Crippen LogP contribution in [0.5, 0.6) is 0 Å². The van der Waals surface area contributed by atoms with Gasteiger partial charge in [0.1, 0.15) is 11.6 Å². The molecule has 2 amide bonds. The molecule has 0 unspecified atom stereocenters. The average Bonchev–Trinajstić information content (AvgIpc) is 2.93. The Kier molecular flexibility index (Phi) is 5.57. The van der Waals surface area contributed by atoms with E-state index < -0.39 is 17.1 Å². The number of amides is 2. The molecule has 1 aromatic carbocycles. The molecule has 0 spiro atoms. The first-order valence-corrected chi connectivity index (χ1v) is 10.1. The van der Waals surface area contributed by atoms with Crippen LogP contribution in [0.1, 0.15) is 47.1 Å². The van der Waals surface area contributed by atoms with E-state index in [-0.39, 0.29) is 12.0 Å². The molecule has 0 aliphatic carbocycles. The van der Waals surface area contributed by atoms with Crippen molar-refractivity contribution in [1.29, 1.82) is 0 Å². The zero-order valence-corrected chi connectivity index (χ0v) is 18.2. The Hall–Kier alpha value is -2.63. The highest BCUT2D eigenvalue weighted by molar-refractivity contribution is 5.86. The van der Waals surface area contributed by atoms with Gasteiger partial charge in [-0.3, -0.25) is 4.98 Å². The molecule has 156 valence electrons. The van der Waals surface area contributed by atoms with Crippen LogP contribution in [-0.4, -0.2) is 51.5 Å². The molecule has 1 atom stereocenters. The number of ether oxygens (including phenoxy) is 1. The Morgan fingerprint density at radius 2 is 1.79 bits per heavy atom. The Morgan fingerprint density at radius 1 is 1.10 bits per heavy atom. The van der Waals surface area contributed by atoms with Crippen molar-refractivity contribution >= 4 is 22.9 Å². The van der Waals surface area contributed by atoms with E-state index in [1.807, 2.05) is 71.9 Å². The van der Waals surface area contributed by atoms with Gasteiger partial charge in [0.15, 0.2) is 0 Å². The summed E-state index contributed by atoms with van der Waals surface area (Å²) in [5, 5.41) is 1.04. The van der Waals surface area contributed by atoms with Gasteiger partial charge in [0.25, 0.3) is 0 Å². The molecule has 2 heterocycles. The molecule has 1 aromatic heterocycles. The van der Waals surface area contributed by atoms with Crippen molar-refractivity contribution in [2.45, 2.75) is 59.7 Å². The zero-order chi connectivity index (χ0) is 21.4. The quantitative estimate of drug-likeness (QED) is 0.725. The number of esters is 1. The number of fused-ring (bicyclic) bond motifs is 1. The summed E-state index contributed by atoms with van der Waals surface area (Å²) in [5.74, 6) is -0.352. The maximum Gasteiger partial charge on any atom is 0.329 e. The van der Waals surface area contributed by atoms with E-state index >= 15 is 0 Å². The van der Waals surface area contributed by atoms with Gasteiger partial charge in [-0.1, -0.05) is 39.0 Å². The lowest BCUT2D eigenvalue weighted by atomic mass is 9.85. The number of aromatic nitrogens is 1. The summed E-state index contributed by atoms with van der Waals surface area (Å²) >= 11 is 0. The molecular weight excluding hydrogens is 366 g/mol. The number of hydrogen-bond donors (Lipinski definition) is 0. The summed E-state index contributed by atoms with van der Waals surface area (Å²) in [4.78, 5) is 34.0. The third-order valence-corrected chi connectivity index (χ3v) is 4.99. The van der Waals surface area contributed by atoms with Crippen LogP contribution >= 0.6 is 0 Å². The van der Waals surface area contributed by atoms with Crippen molar-refractivity contribution in [2.75, 3.05) is 13.1 Å². The topological polar surface area (TPSA) is 62.7 Å². The first-order chi connectivity index (χ1) is 13.5. The molecule has 3 rings (SSSR count). The van der Waals surface area contributed by atoms with Crippen molar-refractivity contribution in [2.24, 2.45) is 5.41 Å². The number of carbonyl (C=O) groups is 2. The fourth-order valence-electron chi connectivity index (χ4n) is 3.79. The standard InChI is InChI=1S/C23H31N3O3/c1-22(2,3)19(20(27)29-23(4,5)6)26-14-13-25(21(26)28)15-16-11-12-24-18-10-8-7-9-17(16)18/h7-12,19H,13-15H2,1-6H3/t19-/m1/s1. The van der Waals surface area contributed by atoms with Crippen LogP contribution in [0, 0.1) is 5.41 Å². The molecule has 1 aliphatic heterocycles. The van der Waals surface area contributed by atoms with E-state index in [4.69, 9.17) is 4.74 Å². The van der Waals surface area contributed by atoms with Crippen LogP contribution in [-0.2, 0) is 16.1 Å². The van der Waals surface area contributed by atoms with Crippen LogP contribution in [0.25, 0.3) is 10.9 Å². The maximum absolute atomic E-state index is 13.2. The van der Waals surface area contributed by atoms with Gasteiger partial charge in [0, 0.05) is 31.2 Å². The molecule has 1 saturated heterocycles. The van der Waals surface area contributed by atoms with Crippen LogP contribution in [0.15, 0.2) is 36.5 Å². The zero-order valence-electron chi connectivity index (χ0n) is 18.2. The van der Waals surface area contributed by atoms with E-state index in [1.165, 1.54) is 0 Å². The summed E-state index contributed by atoms with van der Waals surface area (Å²) in [6, 6.07) is 9.11. The molecule has 0 bridgehead atoms. The van der Waals surface area contributed by atoms with E-state index in [2.05, 4.69) is 4.98 Å². The van der Waals surface area contributed by atoms with Gasteiger partial charge < -0.3 is 14.5 Å². The second kappa shape index (κ2) is 7.65. The van der Waals surface area contributed by atoms with Gasteiger partial charge >= 0.3 is 12.0 Å². The fourth-order valence-corrected chi connectivity index (χ4v) is 3.79. The largest absolute Gasteiger partial charge is 0.458 e. The number of para-hydroxylation sites is 1. The Morgan fingerprint density at radius 3 is 2.45 bits per heavy atom. The van der Waals surface area contributed by atoms with E-state index in [0.717, 1.165) is 16.5 Å². The fraction of sp³-hybridized carbons (Fsp3) is 0.522. The summed E-state index contributed by atoms with van der Waals surface area (Å²) in [6.45, 7) is 13.0. The van der Waals surface area contributed by atoms with Crippen molar-refractivity contribution in [3.8, 4) is 0 Å². The molecular formula is C23H31N3O3. The van der Waals surface area contributed by atoms with Gasteiger partial charge in [0.2, 0.25) is 0 Å². The summed E-state index contributed by atoms with van der Waals surface area (Å²) in [6.07, 6.45) is 1.77. The van der Waals surface area contributed by atoms with Gasteiger partial charge in [-0.05, 0) is 43.9 Å². The second-order valence-corrected chi connectivity index (χ2v) is 9.69. The van der Waals surface area contributed by atoms with Gasteiger partial charge in [-0.2, -0.15) is 0 Å². The van der Waals surface area contributed by atoms with Gasteiger partial charge in [-0.25, -0.2) is 9.59 Å². The number of urea groups is 1. The number of hydrogen-bond acceptors (Lipinski definition) is 4. The monoisotopic (exact) mass is 397 g/mol. The smallest absolute Gasteiger partial charge is 0.329 e. The highest BCUT2D eigenvalue weighted by Crippen LogP contribution is 2.30. The molecule has 0 saturated carbocycles. The molecule has 1 fully saturated rings. The summed E-state index contributed by atoms with van der Waals surface area (Å²) in [7, 11) is 0. The minimum absolute atomic E-state index is 0.128. The van der Waals surface area contributed by atoms with Gasteiger partial charge in [-0.15, -0.1) is 0 Å². The molecule has 0 radical (unpaired) electrons. The third kappa shape index (κ3) is 4.69. The minimum Gasteiger partial charge on any atom is -0.458 e. The number of rotatable bonds is 4. The van der Waals surface area contributed by atoms with E-state index in [1.54, 1.807) is 16.0 Å². The summed E-state index contributed by atoms with van der Waals surface area (Å²) < 4.78 is 5.64. The predicted molar refractivity (Wildman–Crippen MR) is 113 cm³/mol. The van der Waals surface area contributed by atoms with Crippen LogP contribution in [0.2, 0.25) is 0 Å². The average molecular weight is 398 g/mol. The Balaban J connectivity index is 1.82. The van der Waals surface area contributed by atoms with Crippen molar-refractivity contribution in [3.05, 3.63) is 42.1 Å². The lowest BCUT2D eigenvalue weighted by molar-refractivity contribution is -0.164. The molecule has 6 heteroatoms. The normalized spacial score (nSPS) is 16.4. The molecule has 1 aliphatic rings. The maximum atomic E-state index is 13.2. The number of carbonyl (C=O) groups excluding carboxylic acids is 2. The number of nitrogens with zero attached hydrogens (tertiary/aromatic N) is 3. The Bertz CT molecular complexity index is 906. The van der Waals surface area contributed by atoms with E-state index in [9.17, 15) is 9.59 Å². The van der Waals surface area contributed by atoms with Gasteiger partial charge in [0.05, 0.1) is 5.52 Å². The van der Waals surface area contributed by atoms with Crippen LogP contribution in [0.3, 0.4) is 0 Å². The first kappa shape index (κ1) is 21.1. The third-order valence-electron chi connectivity index (χ3n) is 4.99. The Labute approximate surface area is 172 Å². The molecule has 29 heavy (non-hydrogen) atoms.